The zero-order chi connectivity index (χ0) is 13.8. The standard InChI is InChI=1S/C13H19N5O/c1-10-3-4-11(17(10)2)7-15-13(19)12-8-18(6-5-14)9-16-12/h3-4,8-9H,5-7,14H2,1-2H3,(H,15,19). The SMILES string of the molecule is Cc1ccc(CNC(=O)c2cn(CCN)cn2)n1C. The molecule has 0 aromatic carbocycles. The van der Waals surface area contributed by atoms with E-state index < -0.39 is 0 Å². The lowest BCUT2D eigenvalue weighted by Gasteiger charge is -2.06. The van der Waals surface area contributed by atoms with E-state index in [1.807, 2.05) is 35.2 Å². The fraction of sp³-hybridized carbons (Fsp3) is 0.385. The second-order valence-corrected chi connectivity index (χ2v) is 4.49. The summed E-state index contributed by atoms with van der Waals surface area (Å²) in [5, 5.41) is 2.86. The number of nitrogens with one attached hydrogen (secondary N) is 1. The van der Waals surface area contributed by atoms with Crippen molar-refractivity contribution in [1.82, 2.24) is 19.4 Å². The van der Waals surface area contributed by atoms with Crippen LogP contribution in [0.3, 0.4) is 0 Å². The zero-order valence-corrected chi connectivity index (χ0v) is 11.3. The Kier molecular flexibility index (Phi) is 4.01. The molecule has 0 aliphatic rings. The number of aryl methyl sites for hydroxylation is 1. The minimum atomic E-state index is -0.172. The summed E-state index contributed by atoms with van der Waals surface area (Å²) in [6, 6.07) is 4.03. The number of nitrogens with zero attached hydrogens (tertiary/aromatic N) is 3. The van der Waals surface area contributed by atoms with Crippen molar-refractivity contribution < 1.29 is 4.79 Å². The molecule has 19 heavy (non-hydrogen) atoms. The number of aromatic nitrogens is 3. The first-order valence-electron chi connectivity index (χ1n) is 6.23. The predicted octanol–water partition coefficient (Wildman–Crippen LogP) is 0.419. The van der Waals surface area contributed by atoms with E-state index >= 15 is 0 Å². The highest BCUT2D eigenvalue weighted by atomic mass is 16.1. The van der Waals surface area contributed by atoms with Gasteiger partial charge in [-0.15, -0.1) is 0 Å². The van der Waals surface area contributed by atoms with Gasteiger partial charge in [0.15, 0.2) is 0 Å². The number of nitrogens with two attached hydrogens (primary N) is 1. The molecule has 0 unspecified atom stereocenters. The monoisotopic (exact) mass is 261 g/mol. The first-order chi connectivity index (χ1) is 9.11. The Labute approximate surface area is 112 Å². The Morgan fingerprint density at radius 1 is 1.47 bits per heavy atom. The van der Waals surface area contributed by atoms with Gasteiger partial charge in [-0.05, 0) is 19.1 Å². The van der Waals surface area contributed by atoms with Gasteiger partial charge in [0.25, 0.3) is 5.91 Å². The van der Waals surface area contributed by atoms with Crippen molar-refractivity contribution in [2.24, 2.45) is 12.8 Å². The van der Waals surface area contributed by atoms with Gasteiger partial charge in [-0.2, -0.15) is 0 Å². The van der Waals surface area contributed by atoms with Crippen molar-refractivity contribution in [2.75, 3.05) is 6.54 Å². The van der Waals surface area contributed by atoms with Gasteiger partial charge in [0.05, 0.1) is 12.9 Å². The summed E-state index contributed by atoms with van der Waals surface area (Å²) in [7, 11) is 1.98. The molecule has 2 heterocycles. The van der Waals surface area contributed by atoms with E-state index in [1.54, 1.807) is 12.5 Å². The average Bonchev–Trinajstić information content (AvgIpc) is 2.97. The maximum Gasteiger partial charge on any atom is 0.271 e. The van der Waals surface area contributed by atoms with E-state index in [2.05, 4.69) is 10.3 Å². The third kappa shape index (κ3) is 3.03. The molecule has 0 saturated carbocycles. The van der Waals surface area contributed by atoms with Gasteiger partial charge in [0, 0.05) is 37.7 Å². The number of carbonyl (C=O) groups is 1. The molecular formula is C13H19N5O. The molecule has 6 heteroatoms. The van der Waals surface area contributed by atoms with E-state index in [0.29, 0.717) is 25.3 Å². The van der Waals surface area contributed by atoms with Crippen LogP contribution < -0.4 is 11.1 Å². The average molecular weight is 261 g/mol. The van der Waals surface area contributed by atoms with E-state index in [-0.39, 0.29) is 5.91 Å². The zero-order valence-electron chi connectivity index (χ0n) is 11.3. The normalized spacial score (nSPS) is 10.7. The molecular weight excluding hydrogens is 242 g/mol. The number of rotatable bonds is 5. The highest BCUT2D eigenvalue weighted by Crippen LogP contribution is 2.05. The lowest BCUT2D eigenvalue weighted by atomic mass is 10.4. The van der Waals surface area contributed by atoms with Gasteiger partial charge < -0.3 is 20.2 Å². The largest absolute Gasteiger partial charge is 0.350 e. The Bertz CT molecular complexity index is 569. The van der Waals surface area contributed by atoms with Gasteiger partial charge >= 0.3 is 0 Å². The van der Waals surface area contributed by atoms with Gasteiger partial charge in [-0.3, -0.25) is 4.79 Å². The molecule has 0 atom stereocenters. The second kappa shape index (κ2) is 5.71. The molecule has 0 radical (unpaired) electrons. The lowest BCUT2D eigenvalue weighted by Crippen LogP contribution is -2.24. The maximum atomic E-state index is 11.9. The Morgan fingerprint density at radius 3 is 2.89 bits per heavy atom. The molecule has 2 aromatic heterocycles. The highest BCUT2D eigenvalue weighted by molar-refractivity contribution is 5.91. The van der Waals surface area contributed by atoms with E-state index in [4.69, 9.17) is 5.73 Å². The number of amides is 1. The molecule has 0 aliphatic carbocycles. The smallest absolute Gasteiger partial charge is 0.271 e. The molecule has 0 spiro atoms. The van der Waals surface area contributed by atoms with Crippen LogP contribution in [-0.2, 0) is 20.1 Å². The van der Waals surface area contributed by atoms with Crippen LogP contribution in [0.25, 0.3) is 0 Å². The molecule has 0 saturated heterocycles. The summed E-state index contributed by atoms with van der Waals surface area (Å²) in [6.45, 7) is 3.71. The van der Waals surface area contributed by atoms with Crippen molar-refractivity contribution >= 4 is 5.91 Å². The Hall–Kier alpha value is -2.08. The summed E-state index contributed by atoms with van der Waals surface area (Å²) in [5.74, 6) is -0.172. The molecule has 2 aromatic rings. The summed E-state index contributed by atoms with van der Waals surface area (Å²) in [5.41, 5.74) is 8.09. The minimum absolute atomic E-state index is 0.172. The summed E-state index contributed by atoms with van der Waals surface area (Å²) in [6.07, 6.45) is 3.33. The number of imidazole rings is 1. The summed E-state index contributed by atoms with van der Waals surface area (Å²) in [4.78, 5) is 16.0. The topological polar surface area (TPSA) is 77.9 Å². The van der Waals surface area contributed by atoms with Crippen LogP contribution in [0.4, 0.5) is 0 Å². The van der Waals surface area contributed by atoms with Crippen LogP contribution in [0.5, 0.6) is 0 Å². The number of carbonyl (C=O) groups excluding carboxylic acids is 1. The molecule has 102 valence electrons. The van der Waals surface area contributed by atoms with Crippen molar-refractivity contribution in [3.63, 3.8) is 0 Å². The fourth-order valence-electron chi connectivity index (χ4n) is 1.85. The van der Waals surface area contributed by atoms with Gasteiger partial charge in [-0.25, -0.2) is 4.98 Å². The predicted molar refractivity (Wildman–Crippen MR) is 72.6 cm³/mol. The van der Waals surface area contributed by atoms with Crippen LogP contribution in [0, 0.1) is 6.92 Å². The molecule has 1 amide bonds. The molecule has 6 nitrogen and oxygen atoms in total. The Morgan fingerprint density at radius 2 is 2.26 bits per heavy atom. The van der Waals surface area contributed by atoms with E-state index in [9.17, 15) is 4.79 Å². The molecule has 0 fully saturated rings. The summed E-state index contributed by atoms with van der Waals surface area (Å²) >= 11 is 0. The molecule has 2 rings (SSSR count). The second-order valence-electron chi connectivity index (χ2n) is 4.49. The van der Waals surface area contributed by atoms with E-state index in [0.717, 1.165) is 11.4 Å². The van der Waals surface area contributed by atoms with Crippen LogP contribution >= 0.6 is 0 Å². The van der Waals surface area contributed by atoms with Crippen LogP contribution in [0.1, 0.15) is 21.9 Å². The fourth-order valence-corrected chi connectivity index (χ4v) is 1.85. The highest BCUT2D eigenvalue weighted by Gasteiger charge is 2.10. The minimum Gasteiger partial charge on any atom is -0.350 e. The van der Waals surface area contributed by atoms with Crippen LogP contribution in [0.15, 0.2) is 24.7 Å². The third-order valence-corrected chi connectivity index (χ3v) is 3.16. The third-order valence-electron chi connectivity index (χ3n) is 3.16. The van der Waals surface area contributed by atoms with Gasteiger partial charge in [0.2, 0.25) is 0 Å². The van der Waals surface area contributed by atoms with Crippen molar-refractivity contribution in [3.8, 4) is 0 Å². The van der Waals surface area contributed by atoms with Crippen LogP contribution in [-0.4, -0.2) is 26.6 Å². The first-order valence-corrected chi connectivity index (χ1v) is 6.23. The quantitative estimate of drug-likeness (QED) is 0.818. The molecule has 0 bridgehead atoms. The van der Waals surface area contributed by atoms with Gasteiger partial charge in [-0.1, -0.05) is 0 Å². The summed E-state index contributed by atoms with van der Waals surface area (Å²) < 4.78 is 3.86. The Balaban J connectivity index is 1.95. The number of hydrogen-bond acceptors (Lipinski definition) is 3. The lowest BCUT2D eigenvalue weighted by molar-refractivity contribution is 0.0945. The van der Waals surface area contributed by atoms with Crippen molar-refractivity contribution in [2.45, 2.75) is 20.0 Å². The van der Waals surface area contributed by atoms with Crippen molar-refractivity contribution in [3.05, 3.63) is 41.7 Å². The molecule has 3 N–H and O–H groups in total. The van der Waals surface area contributed by atoms with Crippen LogP contribution in [0.2, 0.25) is 0 Å². The maximum absolute atomic E-state index is 11.9. The van der Waals surface area contributed by atoms with E-state index in [1.165, 1.54) is 0 Å². The first kappa shape index (κ1) is 13.4. The molecule has 0 aliphatic heterocycles. The van der Waals surface area contributed by atoms with Crippen molar-refractivity contribution in [1.29, 1.82) is 0 Å². The van der Waals surface area contributed by atoms with Gasteiger partial charge in [0.1, 0.15) is 5.69 Å². The number of hydrogen-bond donors (Lipinski definition) is 2.